The Morgan fingerprint density at radius 3 is 2.56 bits per heavy atom. The van der Waals surface area contributed by atoms with Crippen molar-refractivity contribution in [3.8, 4) is 17.2 Å². The molecule has 3 heterocycles. The first-order valence-corrected chi connectivity index (χ1v) is 11.7. The lowest BCUT2D eigenvalue weighted by Crippen LogP contribution is -2.23. The third-order valence-corrected chi connectivity index (χ3v) is 6.24. The van der Waals surface area contributed by atoms with Crippen molar-refractivity contribution in [2.75, 3.05) is 18.0 Å². The van der Waals surface area contributed by atoms with Crippen LogP contribution in [0.4, 0.5) is 19.1 Å². The van der Waals surface area contributed by atoms with Crippen molar-refractivity contribution in [1.29, 1.82) is 0 Å². The molecule has 5 rings (SSSR count). The Morgan fingerprint density at radius 2 is 1.81 bits per heavy atom. The molecule has 0 radical (unpaired) electrons. The molecule has 36 heavy (non-hydrogen) atoms. The molecule has 2 aromatic heterocycles. The van der Waals surface area contributed by atoms with Gasteiger partial charge in [0.05, 0.1) is 0 Å². The second-order valence-corrected chi connectivity index (χ2v) is 8.87. The number of oxazole rings is 1. The summed E-state index contributed by atoms with van der Waals surface area (Å²) in [6.07, 6.45) is -1.62. The number of anilines is 1. The number of aromatic nitrogens is 3. The number of hydrogen-bond donors (Lipinski definition) is 0. The van der Waals surface area contributed by atoms with Crippen LogP contribution in [0.2, 0.25) is 0 Å². The Balaban J connectivity index is 1.15. The summed E-state index contributed by atoms with van der Waals surface area (Å²) in [6, 6.07) is 18.5. The first-order valence-electron chi connectivity index (χ1n) is 11.7. The maximum atomic E-state index is 13.0. The number of hydrogen-bond acceptors (Lipinski definition) is 6. The van der Waals surface area contributed by atoms with E-state index >= 15 is 0 Å². The highest BCUT2D eigenvalue weighted by Crippen LogP contribution is 2.30. The molecule has 6 nitrogen and oxygen atoms in total. The van der Waals surface area contributed by atoms with Crippen molar-refractivity contribution < 1.29 is 22.3 Å². The monoisotopic (exact) mass is 494 g/mol. The maximum Gasteiger partial charge on any atom is 0.433 e. The van der Waals surface area contributed by atoms with Gasteiger partial charge in [-0.05, 0) is 61.6 Å². The average molecular weight is 495 g/mol. The Morgan fingerprint density at radius 1 is 1.03 bits per heavy atom. The van der Waals surface area contributed by atoms with Gasteiger partial charge >= 0.3 is 6.18 Å². The molecule has 1 saturated heterocycles. The first-order chi connectivity index (χ1) is 17.3. The quantitative estimate of drug-likeness (QED) is 0.309. The van der Waals surface area contributed by atoms with Crippen molar-refractivity contribution in [2.45, 2.75) is 32.5 Å². The van der Waals surface area contributed by atoms with Crippen molar-refractivity contribution in [1.82, 2.24) is 15.0 Å². The van der Waals surface area contributed by atoms with Crippen molar-refractivity contribution in [3.63, 3.8) is 0 Å². The van der Waals surface area contributed by atoms with E-state index in [9.17, 15) is 13.2 Å². The molecule has 0 amide bonds. The zero-order valence-corrected chi connectivity index (χ0v) is 19.7. The molecule has 0 spiro atoms. The molecule has 0 aliphatic carbocycles. The summed E-state index contributed by atoms with van der Waals surface area (Å²) < 4.78 is 50.6. The molecule has 186 valence electrons. The summed E-state index contributed by atoms with van der Waals surface area (Å²) in [5.41, 5.74) is 1.90. The van der Waals surface area contributed by atoms with Gasteiger partial charge in [0.2, 0.25) is 11.8 Å². The summed E-state index contributed by atoms with van der Waals surface area (Å²) >= 11 is 0. The van der Waals surface area contributed by atoms with Crippen LogP contribution in [-0.4, -0.2) is 28.0 Å². The van der Waals surface area contributed by atoms with Crippen LogP contribution in [0, 0.1) is 12.8 Å². The molecular weight excluding hydrogens is 469 g/mol. The minimum absolute atomic E-state index is 0.134. The number of alkyl halides is 3. The zero-order chi connectivity index (χ0) is 25.1. The second-order valence-electron chi connectivity index (χ2n) is 8.87. The van der Waals surface area contributed by atoms with Gasteiger partial charge in [0.15, 0.2) is 0 Å². The van der Waals surface area contributed by atoms with Crippen molar-refractivity contribution in [3.05, 3.63) is 89.6 Å². The summed E-state index contributed by atoms with van der Waals surface area (Å²) in [6.45, 7) is 3.43. The number of nitrogens with zero attached hydrogens (tertiary/aromatic N) is 4. The van der Waals surface area contributed by atoms with Crippen LogP contribution < -0.4 is 9.64 Å². The highest BCUT2D eigenvalue weighted by atomic mass is 19.4. The van der Waals surface area contributed by atoms with E-state index in [1.807, 2.05) is 66.4 Å². The van der Waals surface area contributed by atoms with Gasteiger partial charge in [-0.15, -0.1) is 0 Å². The molecule has 4 aromatic rings. The molecule has 1 atom stereocenters. The van der Waals surface area contributed by atoms with Gasteiger partial charge in [0, 0.05) is 24.8 Å². The molecule has 2 aromatic carbocycles. The van der Waals surface area contributed by atoms with Crippen LogP contribution in [0.3, 0.4) is 0 Å². The normalized spacial score (nSPS) is 15.9. The molecule has 0 unspecified atom stereocenters. The van der Waals surface area contributed by atoms with Crippen LogP contribution in [-0.2, 0) is 19.2 Å². The zero-order valence-electron chi connectivity index (χ0n) is 19.7. The third kappa shape index (κ3) is 5.50. The van der Waals surface area contributed by atoms with E-state index in [0.29, 0.717) is 31.5 Å². The fraction of sp³-hybridized carbons (Fsp3) is 0.296. The molecular formula is C27H25F3N4O2. The fourth-order valence-corrected chi connectivity index (χ4v) is 4.31. The molecule has 1 aliphatic rings. The summed E-state index contributed by atoms with van der Waals surface area (Å²) in [5.74, 6) is 2.47. The van der Waals surface area contributed by atoms with Gasteiger partial charge in [-0.3, -0.25) is 0 Å². The standard InChI is InChI=1S/C27H25F3N4O2/c1-18-23(32-25(36-18)21-5-3-2-4-6-21)17-35-22-9-7-19(8-10-22)15-20-12-14-34(16-20)26-31-13-11-24(33-26)27(28,29)30/h2-11,13,20H,12,14-17H2,1H3/t20-/m1/s1. The van der Waals surface area contributed by atoms with E-state index in [1.165, 1.54) is 6.20 Å². The van der Waals surface area contributed by atoms with Gasteiger partial charge in [-0.25, -0.2) is 15.0 Å². The SMILES string of the molecule is Cc1oc(-c2ccccc2)nc1COc1ccc(C[C@H]2CCN(c3nccc(C(F)(F)F)n3)C2)cc1. The second kappa shape index (κ2) is 10.0. The summed E-state index contributed by atoms with van der Waals surface area (Å²) in [4.78, 5) is 14.1. The fourth-order valence-electron chi connectivity index (χ4n) is 4.31. The number of aryl methyl sites for hydroxylation is 1. The maximum absolute atomic E-state index is 13.0. The highest BCUT2D eigenvalue weighted by Gasteiger charge is 2.34. The van der Waals surface area contributed by atoms with Gasteiger partial charge in [-0.1, -0.05) is 30.3 Å². The lowest BCUT2D eigenvalue weighted by Gasteiger charge is -2.17. The van der Waals surface area contributed by atoms with E-state index in [0.717, 1.165) is 47.2 Å². The van der Waals surface area contributed by atoms with Crippen LogP contribution in [0.1, 0.15) is 29.1 Å². The lowest BCUT2D eigenvalue weighted by atomic mass is 9.99. The molecule has 0 saturated carbocycles. The Hall–Kier alpha value is -3.88. The first kappa shape index (κ1) is 23.8. The molecule has 1 aliphatic heterocycles. The predicted molar refractivity (Wildman–Crippen MR) is 129 cm³/mol. The van der Waals surface area contributed by atoms with Gasteiger partial charge in [0.1, 0.15) is 29.5 Å². The number of halogens is 3. The number of ether oxygens (including phenoxy) is 1. The van der Waals surface area contributed by atoms with Gasteiger partial charge < -0.3 is 14.1 Å². The molecule has 1 fully saturated rings. The minimum Gasteiger partial charge on any atom is -0.487 e. The van der Waals surface area contributed by atoms with Crippen molar-refractivity contribution in [2.24, 2.45) is 5.92 Å². The van der Waals surface area contributed by atoms with Crippen LogP contribution >= 0.6 is 0 Å². The number of benzene rings is 2. The van der Waals surface area contributed by atoms with Gasteiger partial charge in [0.25, 0.3) is 0 Å². The predicted octanol–water partition coefficient (Wildman–Crippen LogP) is 6.11. The topological polar surface area (TPSA) is 64.3 Å². The Kier molecular flexibility index (Phi) is 6.63. The van der Waals surface area contributed by atoms with Crippen LogP contribution in [0.15, 0.2) is 71.3 Å². The Bertz CT molecular complexity index is 1310. The number of rotatable bonds is 7. The largest absolute Gasteiger partial charge is 0.487 e. The molecule has 9 heteroatoms. The van der Waals surface area contributed by atoms with E-state index in [1.54, 1.807) is 0 Å². The molecule has 0 N–H and O–H groups in total. The highest BCUT2D eigenvalue weighted by molar-refractivity contribution is 5.53. The van der Waals surface area contributed by atoms with E-state index in [2.05, 4.69) is 15.0 Å². The average Bonchev–Trinajstić information content (AvgIpc) is 3.50. The van der Waals surface area contributed by atoms with E-state index in [-0.39, 0.29) is 5.95 Å². The van der Waals surface area contributed by atoms with Gasteiger partial charge in [-0.2, -0.15) is 13.2 Å². The third-order valence-electron chi connectivity index (χ3n) is 6.24. The summed E-state index contributed by atoms with van der Waals surface area (Å²) in [5, 5.41) is 0. The van der Waals surface area contributed by atoms with E-state index < -0.39 is 11.9 Å². The van der Waals surface area contributed by atoms with Crippen molar-refractivity contribution >= 4 is 5.95 Å². The van der Waals surface area contributed by atoms with Crippen LogP contribution in [0.25, 0.3) is 11.5 Å². The summed E-state index contributed by atoms with van der Waals surface area (Å²) in [7, 11) is 0. The minimum atomic E-state index is -4.48. The lowest BCUT2D eigenvalue weighted by molar-refractivity contribution is -0.141. The Labute approximate surface area is 206 Å². The van der Waals surface area contributed by atoms with E-state index in [4.69, 9.17) is 9.15 Å². The van der Waals surface area contributed by atoms with Crippen LogP contribution in [0.5, 0.6) is 5.75 Å². The molecule has 0 bridgehead atoms. The smallest absolute Gasteiger partial charge is 0.433 e.